The number of carbonyl (C=O) groups is 1. The van der Waals surface area contributed by atoms with E-state index in [1.165, 1.54) is 12.1 Å². The molecule has 2 N–H and O–H groups in total. The van der Waals surface area contributed by atoms with Gasteiger partial charge in [0.25, 0.3) is 0 Å². The first-order valence-electron chi connectivity index (χ1n) is 14.4. The summed E-state index contributed by atoms with van der Waals surface area (Å²) in [5, 5.41) is 6.36. The number of hydrogen-bond donors (Lipinski definition) is 2. The van der Waals surface area contributed by atoms with Gasteiger partial charge in [-0.1, -0.05) is 18.2 Å². The van der Waals surface area contributed by atoms with E-state index in [2.05, 4.69) is 43.5 Å². The van der Waals surface area contributed by atoms with Gasteiger partial charge in [-0.25, -0.2) is 9.18 Å². The van der Waals surface area contributed by atoms with Gasteiger partial charge in [0, 0.05) is 60.0 Å². The van der Waals surface area contributed by atoms with Gasteiger partial charge in [-0.3, -0.25) is 5.32 Å². The molecular formula is C36H38FN3O4. The van der Waals surface area contributed by atoms with E-state index in [9.17, 15) is 9.18 Å². The highest BCUT2D eigenvalue weighted by Gasteiger charge is 2.27. The van der Waals surface area contributed by atoms with E-state index in [0.717, 1.165) is 44.8 Å². The molecule has 1 aliphatic heterocycles. The van der Waals surface area contributed by atoms with Crippen LogP contribution in [-0.2, 0) is 6.61 Å². The number of allylic oxidation sites excluding steroid dienone is 1. The number of hydrogen-bond acceptors (Lipinski definition) is 6. The van der Waals surface area contributed by atoms with Gasteiger partial charge in [0.2, 0.25) is 0 Å². The maximum atomic E-state index is 14.1. The van der Waals surface area contributed by atoms with E-state index < -0.39 is 6.09 Å². The van der Waals surface area contributed by atoms with Crippen LogP contribution < -0.4 is 29.7 Å². The van der Waals surface area contributed by atoms with Crippen LogP contribution in [0, 0.1) is 12.7 Å². The number of ether oxygens (including phenoxy) is 3. The quantitative estimate of drug-likeness (QED) is 0.212. The summed E-state index contributed by atoms with van der Waals surface area (Å²) in [6, 6.07) is 21.4. The molecule has 0 aromatic heterocycles. The minimum atomic E-state index is -0.611. The summed E-state index contributed by atoms with van der Waals surface area (Å²) >= 11 is 0. The molecule has 1 aliphatic rings. The van der Waals surface area contributed by atoms with Crippen LogP contribution in [-0.4, -0.2) is 32.8 Å². The van der Waals surface area contributed by atoms with Gasteiger partial charge in [0.05, 0.1) is 12.6 Å². The lowest BCUT2D eigenvalue weighted by molar-refractivity contribution is 0.215. The third-order valence-corrected chi connectivity index (χ3v) is 7.57. The Morgan fingerprint density at radius 2 is 1.66 bits per heavy atom. The van der Waals surface area contributed by atoms with Crippen molar-refractivity contribution in [3.63, 3.8) is 0 Å². The molecular weight excluding hydrogens is 557 g/mol. The van der Waals surface area contributed by atoms with Crippen molar-refractivity contribution in [2.45, 2.75) is 39.8 Å². The third kappa shape index (κ3) is 6.64. The summed E-state index contributed by atoms with van der Waals surface area (Å²) in [7, 11) is 5.48. The second-order valence-electron chi connectivity index (χ2n) is 11.7. The Morgan fingerprint density at radius 1 is 0.932 bits per heavy atom. The van der Waals surface area contributed by atoms with E-state index in [4.69, 9.17) is 14.2 Å². The number of nitrogens with one attached hydrogen (secondary N) is 2. The standard InChI is InChI=1S/C36H38FN3O4/c1-22-8-9-24(37)18-32(22)43-21-30-28(16-17-31-34(30)23(2)20-36(3,4)39-31)29-15-14-27(19-33(29)42-7)44-35(41)38-25-10-12-26(13-11-25)40(5)6/h8-20,39H,21H2,1-7H3,(H,38,41). The van der Waals surface area contributed by atoms with Gasteiger partial charge in [-0.15, -0.1) is 0 Å². The lowest BCUT2D eigenvalue weighted by atomic mass is 9.85. The lowest BCUT2D eigenvalue weighted by Crippen LogP contribution is -2.32. The number of methoxy groups -OCH3 is 1. The number of aryl methyl sites for hydroxylation is 1. The Kier molecular flexibility index (Phi) is 8.54. The number of fused-ring (bicyclic) bond motifs is 1. The third-order valence-electron chi connectivity index (χ3n) is 7.57. The Morgan fingerprint density at radius 3 is 2.36 bits per heavy atom. The normalized spacial score (nSPS) is 13.2. The average Bonchev–Trinajstić information content (AvgIpc) is 2.97. The summed E-state index contributed by atoms with van der Waals surface area (Å²) in [6.07, 6.45) is 1.58. The minimum Gasteiger partial charge on any atom is -0.496 e. The Balaban J connectivity index is 1.47. The highest BCUT2D eigenvalue weighted by Crippen LogP contribution is 2.43. The van der Waals surface area contributed by atoms with E-state index in [1.54, 1.807) is 25.3 Å². The van der Waals surface area contributed by atoms with Crippen LogP contribution in [0.3, 0.4) is 0 Å². The van der Waals surface area contributed by atoms with E-state index in [1.807, 2.05) is 62.3 Å². The predicted octanol–water partition coefficient (Wildman–Crippen LogP) is 8.67. The first-order valence-corrected chi connectivity index (χ1v) is 14.4. The molecule has 0 fully saturated rings. The van der Waals surface area contributed by atoms with Gasteiger partial charge in [0.15, 0.2) is 0 Å². The van der Waals surface area contributed by atoms with E-state index in [-0.39, 0.29) is 18.0 Å². The van der Waals surface area contributed by atoms with Crippen LogP contribution in [0.2, 0.25) is 0 Å². The van der Waals surface area contributed by atoms with Crippen molar-refractivity contribution in [2.24, 2.45) is 0 Å². The molecule has 44 heavy (non-hydrogen) atoms. The largest absolute Gasteiger partial charge is 0.496 e. The van der Waals surface area contributed by atoms with Crippen molar-refractivity contribution >= 4 is 28.7 Å². The molecule has 8 heteroatoms. The van der Waals surface area contributed by atoms with Gasteiger partial charge < -0.3 is 24.4 Å². The Hall–Kier alpha value is -4.98. The molecule has 0 spiro atoms. The second kappa shape index (κ2) is 12.3. The fraction of sp³-hybridized carbons (Fsp3) is 0.250. The van der Waals surface area contributed by atoms with E-state index in [0.29, 0.717) is 22.9 Å². The molecule has 1 amide bonds. The van der Waals surface area contributed by atoms with Gasteiger partial charge >= 0.3 is 6.09 Å². The molecule has 7 nitrogen and oxygen atoms in total. The Labute approximate surface area is 258 Å². The molecule has 1 heterocycles. The number of benzene rings is 4. The second-order valence-corrected chi connectivity index (χ2v) is 11.7. The van der Waals surface area contributed by atoms with Gasteiger partial charge in [-0.05, 0) is 92.9 Å². The molecule has 0 saturated carbocycles. The zero-order chi connectivity index (χ0) is 31.6. The first kappa shape index (κ1) is 30.5. The van der Waals surface area contributed by atoms with Crippen LogP contribution >= 0.6 is 0 Å². The topological polar surface area (TPSA) is 72.1 Å². The fourth-order valence-corrected chi connectivity index (χ4v) is 5.53. The molecule has 0 saturated heterocycles. The molecule has 4 aromatic rings. The molecule has 0 aliphatic carbocycles. The van der Waals surface area contributed by atoms with Crippen LogP contribution in [0.4, 0.5) is 26.2 Å². The predicted molar refractivity (Wildman–Crippen MR) is 176 cm³/mol. The molecule has 0 unspecified atom stereocenters. The molecule has 0 radical (unpaired) electrons. The van der Waals surface area contributed by atoms with Crippen LogP contribution in [0.25, 0.3) is 16.7 Å². The number of anilines is 3. The smallest absolute Gasteiger partial charge is 0.417 e. The molecule has 228 valence electrons. The van der Waals surface area contributed by atoms with Crippen molar-refractivity contribution in [3.05, 3.63) is 101 Å². The summed E-state index contributed by atoms with van der Waals surface area (Å²) < 4.78 is 31.7. The first-order chi connectivity index (χ1) is 20.9. The zero-order valence-electron chi connectivity index (χ0n) is 26.2. The number of carbonyl (C=O) groups excluding carboxylic acids is 1. The minimum absolute atomic E-state index is 0.201. The zero-order valence-corrected chi connectivity index (χ0v) is 26.2. The van der Waals surface area contributed by atoms with Crippen LogP contribution in [0.1, 0.15) is 37.5 Å². The summed E-state index contributed by atoms with van der Waals surface area (Å²) in [5.74, 6) is 0.989. The summed E-state index contributed by atoms with van der Waals surface area (Å²) in [4.78, 5) is 14.7. The number of amides is 1. The van der Waals surface area contributed by atoms with Crippen LogP contribution in [0.15, 0.2) is 78.9 Å². The fourth-order valence-electron chi connectivity index (χ4n) is 5.53. The van der Waals surface area contributed by atoms with Crippen molar-refractivity contribution in [1.29, 1.82) is 0 Å². The number of halogens is 1. The number of rotatable bonds is 8. The Bertz CT molecular complexity index is 1730. The van der Waals surface area contributed by atoms with Crippen molar-refractivity contribution in [3.8, 4) is 28.4 Å². The maximum absolute atomic E-state index is 14.1. The lowest BCUT2D eigenvalue weighted by Gasteiger charge is -2.33. The van der Waals surface area contributed by atoms with Crippen molar-refractivity contribution in [1.82, 2.24) is 0 Å². The van der Waals surface area contributed by atoms with Gasteiger partial charge in [-0.2, -0.15) is 0 Å². The SMILES string of the molecule is COc1cc(OC(=O)Nc2ccc(N(C)C)cc2)ccc1-c1ccc2c(c1COc1cc(F)ccc1C)C(C)=CC(C)(C)N2. The van der Waals surface area contributed by atoms with Gasteiger partial charge in [0.1, 0.15) is 29.7 Å². The number of nitrogens with zero attached hydrogens (tertiary/aromatic N) is 1. The summed E-state index contributed by atoms with van der Waals surface area (Å²) in [6.45, 7) is 8.42. The molecule has 0 atom stereocenters. The van der Waals surface area contributed by atoms with Crippen molar-refractivity contribution in [2.75, 3.05) is 36.7 Å². The average molecular weight is 596 g/mol. The highest BCUT2D eigenvalue weighted by molar-refractivity contribution is 5.89. The molecule has 5 rings (SSSR count). The monoisotopic (exact) mass is 595 g/mol. The highest BCUT2D eigenvalue weighted by atomic mass is 19.1. The molecule has 0 bridgehead atoms. The van der Waals surface area contributed by atoms with Crippen LogP contribution in [0.5, 0.6) is 17.2 Å². The van der Waals surface area contributed by atoms with E-state index >= 15 is 0 Å². The molecule has 4 aromatic carbocycles. The van der Waals surface area contributed by atoms with Crippen molar-refractivity contribution < 1.29 is 23.4 Å². The maximum Gasteiger partial charge on any atom is 0.417 e. The summed E-state index contributed by atoms with van der Waals surface area (Å²) in [5.41, 5.74) is 8.00.